The van der Waals surface area contributed by atoms with Crippen molar-refractivity contribution >= 4 is 5.91 Å². The number of carbonyl (C=O) groups is 1. The second-order valence-electron chi connectivity index (χ2n) is 6.08. The molecule has 2 aromatic carbocycles. The minimum atomic E-state index is 0.0399. The number of rotatable bonds is 6. The predicted molar refractivity (Wildman–Crippen MR) is 97.9 cm³/mol. The summed E-state index contributed by atoms with van der Waals surface area (Å²) in [4.78, 5) is 18.5. The van der Waals surface area contributed by atoms with Crippen molar-refractivity contribution in [2.24, 2.45) is 0 Å². The number of benzene rings is 2. The number of oxazole rings is 1. The van der Waals surface area contributed by atoms with Crippen LogP contribution >= 0.6 is 0 Å². The van der Waals surface area contributed by atoms with Gasteiger partial charge in [0.1, 0.15) is 0 Å². The van der Waals surface area contributed by atoms with Gasteiger partial charge in [0.05, 0.1) is 12.2 Å². The molecule has 0 saturated heterocycles. The van der Waals surface area contributed by atoms with Crippen LogP contribution in [-0.4, -0.2) is 22.8 Å². The molecule has 1 aromatic heterocycles. The quantitative estimate of drug-likeness (QED) is 0.667. The lowest BCUT2D eigenvalue weighted by atomic mass is 10.1. The Hall–Kier alpha value is -2.88. The molecular weight excluding hydrogens is 312 g/mol. The van der Waals surface area contributed by atoms with Crippen molar-refractivity contribution in [2.45, 2.75) is 25.8 Å². The first-order valence-corrected chi connectivity index (χ1v) is 8.46. The normalized spacial score (nSPS) is 11.9. The highest BCUT2D eigenvalue weighted by molar-refractivity contribution is 5.76. The summed E-state index contributed by atoms with van der Waals surface area (Å²) < 4.78 is 5.76. The van der Waals surface area contributed by atoms with Crippen LogP contribution in [0.5, 0.6) is 0 Å². The molecule has 0 spiro atoms. The van der Waals surface area contributed by atoms with E-state index >= 15 is 0 Å². The van der Waals surface area contributed by atoms with E-state index in [1.807, 2.05) is 74.6 Å². The van der Waals surface area contributed by atoms with E-state index in [2.05, 4.69) is 4.98 Å². The Morgan fingerprint density at radius 2 is 1.72 bits per heavy atom. The number of nitrogens with zero attached hydrogens (tertiary/aromatic N) is 2. The monoisotopic (exact) mass is 334 g/mol. The van der Waals surface area contributed by atoms with Crippen molar-refractivity contribution in [3.05, 3.63) is 78.3 Å². The number of hydrogen-bond acceptors (Lipinski definition) is 3. The lowest BCUT2D eigenvalue weighted by molar-refractivity contribution is -0.131. The topological polar surface area (TPSA) is 46.3 Å². The summed E-state index contributed by atoms with van der Waals surface area (Å²) in [7, 11) is 1.84. The molecule has 1 heterocycles. The van der Waals surface area contributed by atoms with Crippen LogP contribution in [0.15, 0.2) is 71.3 Å². The zero-order chi connectivity index (χ0) is 17.6. The second kappa shape index (κ2) is 7.79. The van der Waals surface area contributed by atoms with Crippen LogP contribution in [0.25, 0.3) is 11.3 Å². The van der Waals surface area contributed by atoms with E-state index in [0.717, 1.165) is 16.9 Å². The highest BCUT2D eigenvalue weighted by Crippen LogP contribution is 2.22. The Morgan fingerprint density at radius 1 is 1.08 bits per heavy atom. The first kappa shape index (κ1) is 17.0. The fraction of sp³-hybridized carbons (Fsp3) is 0.238. The SMILES string of the molecule is CC(c1ccccc1)N(C)C(=O)CCc1ncc(-c2ccccc2)o1. The molecule has 1 atom stereocenters. The largest absolute Gasteiger partial charge is 0.441 e. The molecule has 128 valence electrons. The summed E-state index contributed by atoms with van der Waals surface area (Å²) in [6.45, 7) is 2.03. The molecule has 0 saturated carbocycles. The van der Waals surface area contributed by atoms with E-state index < -0.39 is 0 Å². The van der Waals surface area contributed by atoms with Gasteiger partial charge in [-0.15, -0.1) is 0 Å². The standard InChI is InChI=1S/C21H22N2O2/c1-16(17-9-5-3-6-10-17)23(2)21(24)14-13-20-22-15-19(25-20)18-11-7-4-8-12-18/h3-12,15-16H,13-14H2,1-2H3. The minimum absolute atomic E-state index is 0.0399. The fourth-order valence-corrected chi connectivity index (χ4v) is 2.72. The highest BCUT2D eigenvalue weighted by atomic mass is 16.4. The van der Waals surface area contributed by atoms with Crippen LogP contribution in [0, 0.1) is 0 Å². The summed E-state index contributed by atoms with van der Waals surface area (Å²) in [5.74, 6) is 1.40. The fourth-order valence-electron chi connectivity index (χ4n) is 2.72. The Labute approximate surface area is 148 Å². The van der Waals surface area contributed by atoms with Crippen LogP contribution < -0.4 is 0 Å². The summed E-state index contributed by atoms with van der Waals surface area (Å²) in [5.41, 5.74) is 2.11. The molecule has 0 radical (unpaired) electrons. The van der Waals surface area contributed by atoms with E-state index in [1.165, 1.54) is 0 Å². The number of aromatic nitrogens is 1. The van der Waals surface area contributed by atoms with E-state index in [1.54, 1.807) is 11.1 Å². The van der Waals surface area contributed by atoms with Crippen molar-refractivity contribution in [1.82, 2.24) is 9.88 Å². The molecule has 4 heteroatoms. The van der Waals surface area contributed by atoms with Gasteiger partial charge in [0.2, 0.25) is 5.91 Å². The molecule has 0 aliphatic heterocycles. The Kier molecular flexibility index (Phi) is 5.29. The van der Waals surface area contributed by atoms with Gasteiger partial charge in [-0.1, -0.05) is 60.7 Å². The van der Waals surface area contributed by atoms with E-state index in [0.29, 0.717) is 18.7 Å². The van der Waals surface area contributed by atoms with E-state index in [4.69, 9.17) is 4.42 Å². The number of carbonyl (C=O) groups excluding carboxylic acids is 1. The first-order chi connectivity index (χ1) is 12.1. The van der Waals surface area contributed by atoms with Gasteiger partial charge in [0.25, 0.3) is 0 Å². The van der Waals surface area contributed by atoms with Gasteiger partial charge in [-0.25, -0.2) is 4.98 Å². The predicted octanol–water partition coefficient (Wildman–Crippen LogP) is 4.49. The maximum atomic E-state index is 12.5. The summed E-state index contributed by atoms with van der Waals surface area (Å²) >= 11 is 0. The van der Waals surface area contributed by atoms with Crippen molar-refractivity contribution in [2.75, 3.05) is 7.05 Å². The van der Waals surface area contributed by atoms with Crippen LogP contribution in [-0.2, 0) is 11.2 Å². The number of amides is 1. The van der Waals surface area contributed by atoms with Gasteiger partial charge in [-0.3, -0.25) is 4.79 Å². The molecule has 0 N–H and O–H groups in total. The average Bonchev–Trinajstić information content (AvgIpc) is 3.15. The molecule has 4 nitrogen and oxygen atoms in total. The van der Waals surface area contributed by atoms with Crippen LogP contribution in [0.2, 0.25) is 0 Å². The zero-order valence-electron chi connectivity index (χ0n) is 14.6. The van der Waals surface area contributed by atoms with Crippen molar-refractivity contribution < 1.29 is 9.21 Å². The molecule has 0 aliphatic rings. The van der Waals surface area contributed by atoms with Crippen LogP contribution in [0.1, 0.15) is 30.8 Å². The average molecular weight is 334 g/mol. The van der Waals surface area contributed by atoms with Gasteiger partial charge >= 0.3 is 0 Å². The van der Waals surface area contributed by atoms with Gasteiger partial charge in [0, 0.05) is 25.5 Å². The second-order valence-corrected chi connectivity index (χ2v) is 6.08. The molecule has 3 aromatic rings. The third-order valence-corrected chi connectivity index (χ3v) is 4.42. The molecule has 0 bridgehead atoms. The first-order valence-electron chi connectivity index (χ1n) is 8.46. The Morgan fingerprint density at radius 3 is 2.40 bits per heavy atom. The third-order valence-electron chi connectivity index (χ3n) is 4.42. The smallest absolute Gasteiger partial charge is 0.223 e. The number of aryl methyl sites for hydroxylation is 1. The minimum Gasteiger partial charge on any atom is -0.441 e. The summed E-state index contributed by atoms with van der Waals surface area (Å²) in [6.07, 6.45) is 2.59. The molecule has 1 amide bonds. The lowest BCUT2D eigenvalue weighted by Crippen LogP contribution is -2.29. The molecule has 25 heavy (non-hydrogen) atoms. The molecule has 3 rings (SSSR count). The molecule has 0 fully saturated rings. The van der Waals surface area contributed by atoms with Crippen LogP contribution in [0.3, 0.4) is 0 Å². The van der Waals surface area contributed by atoms with Crippen LogP contribution in [0.4, 0.5) is 0 Å². The maximum Gasteiger partial charge on any atom is 0.223 e. The van der Waals surface area contributed by atoms with Crippen molar-refractivity contribution in [1.29, 1.82) is 0 Å². The summed E-state index contributed by atoms with van der Waals surface area (Å²) in [6, 6.07) is 19.9. The van der Waals surface area contributed by atoms with Gasteiger partial charge in [-0.2, -0.15) is 0 Å². The van der Waals surface area contributed by atoms with Gasteiger partial charge < -0.3 is 9.32 Å². The van der Waals surface area contributed by atoms with Gasteiger partial charge in [0.15, 0.2) is 11.7 Å². The number of hydrogen-bond donors (Lipinski definition) is 0. The van der Waals surface area contributed by atoms with E-state index in [-0.39, 0.29) is 11.9 Å². The Bertz CT molecular complexity index is 812. The lowest BCUT2D eigenvalue weighted by Gasteiger charge is -2.25. The van der Waals surface area contributed by atoms with Crippen molar-refractivity contribution in [3.63, 3.8) is 0 Å². The van der Waals surface area contributed by atoms with Gasteiger partial charge in [-0.05, 0) is 12.5 Å². The molecular formula is C21H22N2O2. The summed E-state index contributed by atoms with van der Waals surface area (Å²) in [5, 5.41) is 0. The Balaban J connectivity index is 1.58. The highest BCUT2D eigenvalue weighted by Gasteiger charge is 2.18. The third kappa shape index (κ3) is 4.15. The molecule has 0 aliphatic carbocycles. The van der Waals surface area contributed by atoms with Crippen molar-refractivity contribution in [3.8, 4) is 11.3 Å². The molecule has 1 unspecified atom stereocenters. The zero-order valence-corrected chi connectivity index (χ0v) is 14.6. The van der Waals surface area contributed by atoms with E-state index in [9.17, 15) is 4.79 Å². The maximum absolute atomic E-state index is 12.5.